The maximum Gasteiger partial charge on any atom is 0.419 e. The van der Waals surface area contributed by atoms with Gasteiger partial charge in [0.1, 0.15) is 11.6 Å². The average Bonchev–Trinajstić information content (AvgIpc) is 2.90. The quantitative estimate of drug-likeness (QED) is 0.796. The summed E-state index contributed by atoms with van der Waals surface area (Å²) in [6, 6.07) is 2.36. The van der Waals surface area contributed by atoms with E-state index in [0.29, 0.717) is 6.07 Å². The Bertz CT molecular complexity index is 680. The van der Waals surface area contributed by atoms with Crippen molar-refractivity contribution in [3.8, 4) is 0 Å². The van der Waals surface area contributed by atoms with Gasteiger partial charge >= 0.3 is 6.18 Å². The Kier molecular flexibility index (Phi) is 5.31. The van der Waals surface area contributed by atoms with Gasteiger partial charge in [-0.15, -0.1) is 0 Å². The van der Waals surface area contributed by atoms with E-state index in [1.807, 2.05) is 0 Å². The highest BCUT2D eigenvalue weighted by Crippen LogP contribution is 2.37. The Morgan fingerprint density at radius 3 is 2.52 bits per heavy atom. The van der Waals surface area contributed by atoms with Gasteiger partial charge in [0.15, 0.2) is 5.60 Å². The molecular weight excluding hydrogens is 351 g/mol. The normalized spacial score (nSPS) is 20.6. The minimum Gasteiger partial charge on any atom is -0.379 e. The van der Waals surface area contributed by atoms with Gasteiger partial charge < -0.3 is 15.3 Å². The third-order valence-corrected chi connectivity index (χ3v) is 3.93. The van der Waals surface area contributed by atoms with Crippen molar-refractivity contribution in [2.45, 2.75) is 24.6 Å². The molecular formula is C15H15F5N2O3. The predicted octanol–water partition coefficient (Wildman–Crippen LogP) is 1.61. The number of β-amino-alcohol motifs (C(OH)–C–C–N with tert-alkyl or cyclic N) is 1. The van der Waals surface area contributed by atoms with Crippen LogP contribution in [0.5, 0.6) is 0 Å². The van der Waals surface area contributed by atoms with Crippen LogP contribution in [0.1, 0.15) is 23.2 Å². The first kappa shape index (κ1) is 19.1. The zero-order valence-electron chi connectivity index (χ0n) is 12.9. The van der Waals surface area contributed by atoms with Crippen molar-refractivity contribution in [3.63, 3.8) is 0 Å². The lowest BCUT2D eigenvalue weighted by molar-refractivity contribution is -0.253. The lowest BCUT2D eigenvalue weighted by Crippen LogP contribution is -2.48. The summed E-state index contributed by atoms with van der Waals surface area (Å²) >= 11 is 0. The van der Waals surface area contributed by atoms with Gasteiger partial charge in [0, 0.05) is 32.0 Å². The number of nitrogens with one attached hydrogen (secondary N) is 1. The van der Waals surface area contributed by atoms with Gasteiger partial charge in [-0.3, -0.25) is 9.59 Å². The molecule has 2 amide bonds. The van der Waals surface area contributed by atoms with Gasteiger partial charge in [-0.1, -0.05) is 0 Å². The van der Waals surface area contributed by atoms with Crippen molar-refractivity contribution in [1.29, 1.82) is 0 Å². The molecule has 138 valence electrons. The van der Waals surface area contributed by atoms with Gasteiger partial charge in [-0.25, -0.2) is 8.78 Å². The van der Waals surface area contributed by atoms with Gasteiger partial charge in [0.2, 0.25) is 5.91 Å². The monoisotopic (exact) mass is 366 g/mol. The van der Waals surface area contributed by atoms with Crippen molar-refractivity contribution >= 4 is 11.8 Å². The van der Waals surface area contributed by atoms with Crippen LogP contribution >= 0.6 is 0 Å². The summed E-state index contributed by atoms with van der Waals surface area (Å²) in [4.78, 5) is 24.4. The molecule has 25 heavy (non-hydrogen) atoms. The van der Waals surface area contributed by atoms with Crippen LogP contribution in [-0.4, -0.2) is 53.2 Å². The molecule has 0 bridgehead atoms. The van der Waals surface area contributed by atoms with Gasteiger partial charge in [-0.05, 0) is 12.1 Å². The van der Waals surface area contributed by atoms with Crippen LogP contribution in [0.25, 0.3) is 0 Å². The highest BCUT2D eigenvalue weighted by Gasteiger charge is 2.57. The maximum absolute atomic E-state index is 13.4. The fourth-order valence-corrected chi connectivity index (χ4v) is 2.45. The second-order valence-corrected chi connectivity index (χ2v) is 5.72. The molecule has 1 aliphatic heterocycles. The molecule has 0 spiro atoms. The Morgan fingerprint density at radius 2 is 1.96 bits per heavy atom. The van der Waals surface area contributed by atoms with Crippen LogP contribution in [0.3, 0.4) is 0 Å². The van der Waals surface area contributed by atoms with Crippen molar-refractivity contribution in [2.24, 2.45) is 0 Å². The fraction of sp³-hybridized carbons (Fsp3) is 0.467. The maximum atomic E-state index is 13.4. The standard InChI is InChI=1S/C15H15F5N2O3/c16-9-1-2-10(11(17)7-9)13(24)21-5-3-12(23)22-6-4-14(25,8-22)15(18,19)20/h1-2,7,25H,3-6,8H2,(H,21,24)/t14-/m1/s1. The van der Waals surface area contributed by atoms with E-state index in [9.17, 15) is 36.6 Å². The van der Waals surface area contributed by atoms with Crippen molar-refractivity contribution in [2.75, 3.05) is 19.6 Å². The minimum atomic E-state index is -4.84. The Morgan fingerprint density at radius 1 is 1.28 bits per heavy atom. The number of carbonyl (C=O) groups is 2. The summed E-state index contributed by atoms with van der Waals surface area (Å²) in [7, 11) is 0. The Labute approximate surface area is 139 Å². The first-order chi connectivity index (χ1) is 11.5. The zero-order chi connectivity index (χ0) is 18.8. The number of benzene rings is 1. The molecule has 0 saturated carbocycles. The molecule has 1 fully saturated rings. The number of halogens is 5. The van der Waals surface area contributed by atoms with Crippen LogP contribution in [0.15, 0.2) is 18.2 Å². The highest BCUT2D eigenvalue weighted by atomic mass is 19.4. The van der Waals surface area contributed by atoms with Crippen LogP contribution in [0, 0.1) is 11.6 Å². The van der Waals surface area contributed by atoms with E-state index in [2.05, 4.69) is 5.32 Å². The molecule has 1 aliphatic rings. The SMILES string of the molecule is O=C(NCCC(=O)N1CC[C@](O)(C(F)(F)F)C1)c1ccc(F)cc1F. The first-order valence-corrected chi connectivity index (χ1v) is 7.34. The first-order valence-electron chi connectivity index (χ1n) is 7.34. The van der Waals surface area contributed by atoms with Gasteiger partial charge in [0.05, 0.1) is 12.1 Å². The molecule has 0 aromatic heterocycles. The molecule has 0 aliphatic carbocycles. The predicted molar refractivity (Wildman–Crippen MR) is 75.5 cm³/mol. The number of rotatable bonds is 4. The molecule has 2 N–H and O–H groups in total. The third kappa shape index (κ3) is 4.25. The summed E-state index contributed by atoms with van der Waals surface area (Å²) in [5.74, 6) is -3.48. The molecule has 1 atom stereocenters. The van der Waals surface area contributed by atoms with E-state index in [4.69, 9.17) is 0 Å². The molecule has 1 heterocycles. The second kappa shape index (κ2) is 6.95. The smallest absolute Gasteiger partial charge is 0.379 e. The number of likely N-dealkylation sites (tertiary alicyclic amines) is 1. The van der Waals surface area contributed by atoms with Gasteiger partial charge in [0.25, 0.3) is 5.91 Å². The lowest BCUT2D eigenvalue weighted by Gasteiger charge is -2.25. The van der Waals surface area contributed by atoms with Crippen molar-refractivity contribution in [3.05, 3.63) is 35.4 Å². The fourth-order valence-electron chi connectivity index (χ4n) is 2.45. The van der Waals surface area contributed by atoms with Crippen LogP contribution in [0.4, 0.5) is 22.0 Å². The Balaban J connectivity index is 1.84. The zero-order valence-corrected chi connectivity index (χ0v) is 12.9. The topological polar surface area (TPSA) is 69.6 Å². The number of hydrogen-bond donors (Lipinski definition) is 2. The average molecular weight is 366 g/mol. The number of alkyl halides is 3. The number of carbonyl (C=O) groups excluding carboxylic acids is 2. The molecule has 1 saturated heterocycles. The van der Waals surface area contributed by atoms with Crippen LogP contribution in [-0.2, 0) is 4.79 Å². The summed E-state index contributed by atoms with van der Waals surface area (Å²) < 4.78 is 64.2. The summed E-state index contributed by atoms with van der Waals surface area (Å²) in [6.07, 6.45) is -5.77. The van der Waals surface area contributed by atoms with E-state index in [-0.39, 0.29) is 19.5 Å². The second-order valence-electron chi connectivity index (χ2n) is 5.72. The molecule has 1 aromatic carbocycles. The number of amides is 2. The van der Waals surface area contributed by atoms with Crippen molar-refractivity contribution < 1.29 is 36.6 Å². The summed E-state index contributed by atoms with van der Waals surface area (Å²) in [6.45, 7) is -1.36. The Hall–Kier alpha value is -2.23. The van der Waals surface area contributed by atoms with E-state index in [1.165, 1.54) is 0 Å². The number of nitrogens with zero attached hydrogens (tertiary/aromatic N) is 1. The number of aliphatic hydroxyl groups is 1. The largest absolute Gasteiger partial charge is 0.419 e. The molecule has 0 radical (unpaired) electrons. The van der Waals surface area contributed by atoms with E-state index < -0.39 is 53.8 Å². The third-order valence-electron chi connectivity index (χ3n) is 3.93. The van der Waals surface area contributed by atoms with Gasteiger partial charge in [-0.2, -0.15) is 13.2 Å². The van der Waals surface area contributed by atoms with Crippen LogP contribution in [0.2, 0.25) is 0 Å². The van der Waals surface area contributed by atoms with E-state index in [0.717, 1.165) is 17.0 Å². The molecule has 1 aromatic rings. The summed E-state index contributed by atoms with van der Waals surface area (Å²) in [5.41, 5.74) is -3.34. The van der Waals surface area contributed by atoms with E-state index in [1.54, 1.807) is 0 Å². The lowest BCUT2D eigenvalue weighted by atomic mass is 10.0. The van der Waals surface area contributed by atoms with Crippen molar-refractivity contribution in [1.82, 2.24) is 10.2 Å². The number of hydrogen-bond acceptors (Lipinski definition) is 3. The molecule has 10 heteroatoms. The molecule has 5 nitrogen and oxygen atoms in total. The van der Waals surface area contributed by atoms with E-state index >= 15 is 0 Å². The summed E-state index contributed by atoms with van der Waals surface area (Å²) in [5, 5.41) is 11.7. The van der Waals surface area contributed by atoms with Crippen LogP contribution < -0.4 is 5.32 Å². The molecule has 0 unspecified atom stereocenters. The molecule has 2 rings (SSSR count). The highest BCUT2D eigenvalue weighted by molar-refractivity contribution is 5.94. The minimum absolute atomic E-state index is 0.241.